The number of aliphatic hydroxyl groups excluding tert-OH is 1. The van der Waals surface area contributed by atoms with Gasteiger partial charge in [0, 0.05) is 5.57 Å². The molecule has 2 aliphatic carbocycles. The number of ether oxygens (including phenoxy) is 1. The molecule has 2 unspecified atom stereocenters. The monoisotopic (exact) mass is 274 g/mol. The lowest BCUT2D eigenvalue weighted by molar-refractivity contribution is -0.133. The van der Waals surface area contributed by atoms with Crippen molar-refractivity contribution in [3.05, 3.63) is 23.8 Å². The van der Waals surface area contributed by atoms with E-state index < -0.39 is 11.7 Å². The van der Waals surface area contributed by atoms with Crippen LogP contribution >= 0.6 is 11.8 Å². The second-order valence-corrected chi connectivity index (χ2v) is 5.01. The number of carbonyl (C=O) groups excluding carboxylic acids is 1. The van der Waals surface area contributed by atoms with Gasteiger partial charge in [-0.1, -0.05) is 29.8 Å². The van der Waals surface area contributed by atoms with E-state index in [1.54, 1.807) is 18.2 Å². The standard InChI is InChI=1S/C15H14O3S/c1-19-11-18-15-9-5-3-2-4-8-13(16)12(14(15)17)7-6-10-15/h2-3,7,13,16H,6,10-11H2,1H3. The first kappa shape index (κ1) is 14.0. The number of carbonyl (C=O) groups is 1. The van der Waals surface area contributed by atoms with Crippen LogP contribution in [0.2, 0.25) is 0 Å². The van der Waals surface area contributed by atoms with E-state index in [-0.39, 0.29) is 5.78 Å². The zero-order valence-corrected chi connectivity index (χ0v) is 11.4. The van der Waals surface area contributed by atoms with Crippen molar-refractivity contribution < 1.29 is 14.6 Å². The quantitative estimate of drug-likeness (QED) is 0.622. The first-order chi connectivity index (χ1) is 9.19. The first-order valence-corrected chi connectivity index (χ1v) is 7.33. The molecule has 2 bridgehead atoms. The minimum Gasteiger partial charge on any atom is -0.376 e. The minimum absolute atomic E-state index is 0.266. The molecule has 0 aromatic heterocycles. The third-order valence-corrected chi connectivity index (χ3v) is 3.31. The predicted octanol–water partition coefficient (Wildman–Crippen LogP) is 1.29. The van der Waals surface area contributed by atoms with Crippen LogP contribution < -0.4 is 0 Å². The van der Waals surface area contributed by atoms with E-state index in [2.05, 4.69) is 23.7 Å². The minimum atomic E-state index is -1.14. The zero-order valence-electron chi connectivity index (χ0n) is 10.6. The van der Waals surface area contributed by atoms with Crippen molar-refractivity contribution in [1.29, 1.82) is 0 Å². The largest absolute Gasteiger partial charge is 0.376 e. The molecule has 0 radical (unpaired) electrons. The molecule has 0 aliphatic heterocycles. The van der Waals surface area contributed by atoms with Crippen LogP contribution in [0.4, 0.5) is 0 Å². The van der Waals surface area contributed by atoms with Crippen LogP contribution in [0.15, 0.2) is 23.8 Å². The Bertz CT molecular complexity index is 553. The van der Waals surface area contributed by atoms with Gasteiger partial charge in [-0.05, 0) is 31.2 Å². The molecule has 1 N–H and O–H groups in total. The number of ketones is 1. The molecule has 19 heavy (non-hydrogen) atoms. The Hall–Kier alpha value is -1.46. The summed E-state index contributed by atoms with van der Waals surface area (Å²) in [4.78, 5) is 12.5. The number of aliphatic hydroxyl groups is 1. The molecule has 0 aromatic carbocycles. The van der Waals surface area contributed by atoms with Crippen molar-refractivity contribution in [1.82, 2.24) is 0 Å². The van der Waals surface area contributed by atoms with Gasteiger partial charge >= 0.3 is 0 Å². The number of rotatable bonds is 3. The number of allylic oxidation sites excluding steroid dienone is 3. The summed E-state index contributed by atoms with van der Waals surface area (Å²) in [5.41, 5.74) is -0.846. The third kappa shape index (κ3) is 2.93. The smallest absolute Gasteiger partial charge is 0.206 e. The number of hydrogen-bond donors (Lipinski definition) is 1. The average Bonchev–Trinajstić information content (AvgIpc) is 2.41. The van der Waals surface area contributed by atoms with Gasteiger partial charge in [0.05, 0.1) is 5.94 Å². The SMILES string of the molecule is CSCOC12C#CC=CC#CC(O)C(=CCC1)C2=O. The van der Waals surface area contributed by atoms with Crippen LogP contribution in [-0.2, 0) is 9.53 Å². The molecule has 2 rings (SSSR count). The highest BCUT2D eigenvalue weighted by Gasteiger charge is 2.43. The summed E-state index contributed by atoms with van der Waals surface area (Å²) < 4.78 is 5.69. The maximum absolute atomic E-state index is 12.5. The molecule has 2 aliphatic rings. The molecular formula is C15H14O3S. The van der Waals surface area contributed by atoms with Gasteiger partial charge in [-0.25, -0.2) is 0 Å². The number of hydrogen-bond acceptors (Lipinski definition) is 4. The average molecular weight is 274 g/mol. The Kier molecular flexibility index (Phi) is 4.50. The van der Waals surface area contributed by atoms with Gasteiger partial charge in [-0.15, -0.1) is 11.8 Å². The Morgan fingerprint density at radius 1 is 1.53 bits per heavy atom. The highest BCUT2D eigenvalue weighted by molar-refractivity contribution is 7.98. The van der Waals surface area contributed by atoms with Gasteiger partial charge in [0.15, 0.2) is 5.60 Å². The molecule has 2 atom stereocenters. The van der Waals surface area contributed by atoms with Crippen molar-refractivity contribution in [3.8, 4) is 23.7 Å². The fourth-order valence-electron chi connectivity index (χ4n) is 2.01. The molecule has 0 saturated heterocycles. The molecule has 0 heterocycles. The number of thioether (sulfide) groups is 1. The summed E-state index contributed by atoms with van der Waals surface area (Å²) in [6, 6.07) is 0. The fraction of sp³-hybridized carbons (Fsp3) is 0.400. The van der Waals surface area contributed by atoms with Crippen LogP contribution in [0.5, 0.6) is 0 Å². The van der Waals surface area contributed by atoms with Gasteiger partial charge in [0.25, 0.3) is 0 Å². The second-order valence-electron chi connectivity index (χ2n) is 4.20. The summed E-state index contributed by atoms with van der Waals surface area (Å²) in [5.74, 6) is 11.1. The van der Waals surface area contributed by atoms with Crippen LogP contribution in [0.25, 0.3) is 0 Å². The Labute approximate surface area is 117 Å². The maximum atomic E-state index is 12.5. The highest BCUT2D eigenvalue weighted by Crippen LogP contribution is 2.30. The highest BCUT2D eigenvalue weighted by atomic mass is 32.2. The number of fused-ring (bicyclic) bond motifs is 2. The van der Waals surface area contributed by atoms with Gasteiger partial charge in [0.2, 0.25) is 5.78 Å². The Balaban J connectivity index is 2.44. The van der Waals surface area contributed by atoms with Crippen LogP contribution in [0.3, 0.4) is 0 Å². The second kappa shape index (κ2) is 6.12. The van der Waals surface area contributed by atoms with Crippen molar-refractivity contribution in [2.45, 2.75) is 24.5 Å². The molecule has 4 heteroatoms. The Morgan fingerprint density at radius 2 is 2.32 bits per heavy atom. The van der Waals surface area contributed by atoms with E-state index >= 15 is 0 Å². The van der Waals surface area contributed by atoms with E-state index in [0.29, 0.717) is 24.4 Å². The van der Waals surface area contributed by atoms with Crippen LogP contribution in [0.1, 0.15) is 12.8 Å². The van der Waals surface area contributed by atoms with Gasteiger partial charge in [-0.3, -0.25) is 4.79 Å². The fourth-order valence-corrected chi connectivity index (χ4v) is 2.32. The molecule has 0 saturated carbocycles. The van der Waals surface area contributed by atoms with Crippen molar-refractivity contribution >= 4 is 17.5 Å². The van der Waals surface area contributed by atoms with Gasteiger partial charge in [0.1, 0.15) is 6.10 Å². The summed E-state index contributed by atoms with van der Waals surface area (Å²) in [6.07, 6.45) is 6.84. The lowest BCUT2D eigenvalue weighted by Gasteiger charge is -2.31. The molecule has 0 spiro atoms. The summed E-state index contributed by atoms with van der Waals surface area (Å²) in [5, 5.41) is 9.95. The maximum Gasteiger partial charge on any atom is 0.206 e. The Morgan fingerprint density at radius 3 is 3.11 bits per heavy atom. The lowest BCUT2D eigenvalue weighted by Crippen LogP contribution is -2.45. The number of Topliss-reactive ketones (excluding diaryl/α,β-unsaturated/α-hetero) is 1. The summed E-state index contributed by atoms with van der Waals surface area (Å²) in [7, 11) is 0. The predicted molar refractivity (Wildman–Crippen MR) is 75.2 cm³/mol. The molecule has 98 valence electrons. The van der Waals surface area contributed by atoms with Crippen LogP contribution in [0, 0.1) is 23.7 Å². The normalized spacial score (nSPS) is 28.6. The van der Waals surface area contributed by atoms with Gasteiger partial charge < -0.3 is 9.84 Å². The molecule has 0 fully saturated rings. The van der Waals surface area contributed by atoms with E-state index in [1.165, 1.54) is 11.8 Å². The first-order valence-electron chi connectivity index (χ1n) is 5.94. The molecule has 0 aromatic rings. The topological polar surface area (TPSA) is 46.5 Å². The molecule has 0 amide bonds. The van der Waals surface area contributed by atoms with Crippen LogP contribution in [-0.4, -0.2) is 34.8 Å². The summed E-state index contributed by atoms with van der Waals surface area (Å²) in [6.45, 7) is 0. The third-order valence-electron chi connectivity index (χ3n) is 2.95. The van der Waals surface area contributed by atoms with Crippen molar-refractivity contribution in [2.75, 3.05) is 12.2 Å². The van der Waals surface area contributed by atoms with E-state index in [9.17, 15) is 9.90 Å². The van der Waals surface area contributed by atoms with Crippen molar-refractivity contribution in [3.63, 3.8) is 0 Å². The van der Waals surface area contributed by atoms with Crippen molar-refractivity contribution in [2.24, 2.45) is 0 Å². The zero-order chi connectivity index (χ0) is 13.7. The molecule has 3 nitrogen and oxygen atoms in total. The van der Waals surface area contributed by atoms with E-state index in [1.807, 2.05) is 6.26 Å². The molecular weight excluding hydrogens is 260 g/mol. The summed E-state index contributed by atoms with van der Waals surface area (Å²) >= 11 is 1.49. The van der Waals surface area contributed by atoms with E-state index in [4.69, 9.17) is 4.74 Å². The van der Waals surface area contributed by atoms with E-state index in [0.717, 1.165) is 0 Å². The van der Waals surface area contributed by atoms with Gasteiger partial charge in [-0.2, -0.15) is 0 Å². The lowest BCUT2D eigenvalue weighted by atomic mass is 9.81.